The Morgan fingerprint density at radius 3 is 3.05 bits per heavy atom. The van der Waals surface area contributed by atoms with Gasteiger partial charge in [-0.1, -0.05) is 11.6 Å². The molecule has 1 aromatic carbocycles. The number of oxazole rings is 1. The third-order valence-electron chi connectivity index (χ3n) is 3.33. The van der Waals surface area contributed by atoms with Crippen molar-refractivity contribution in [2.75, 3.05) is 6.54 Å². The fourth-order valence-corrected chi connectivity index (χ4v) is 2.84. The second kappa shape index (κ2) is 6.45. The number of nitrogens with one attached hydrogen (secondary N) is 1. The Morgan fingerprint density at radius 2 is 2.25 bits per heavy atom. The summed E-state index contributed by atoms with van der Waals surface area (Å²) >= 11 is 8.32. The van der Waals surface area contributed by atoms with Crippen molar-refractivity contribution in [3.8, 4) is 11.3 Å². The van der Waals surface area contributed by atoms with Crippen LogP contribution >= 0.6 is 34.2 Å². The third-order valence-corrected chi connectivity index (χ3v) is 4.50. The molecule has 1 saturated carbocycles. The van der Waals surface area contributed by atoms with Gasteiger partial charge in [0.1, 0.15) is 0 Å². The van der Waals surface area contributed by atoms with Crippen LogP contribution in [0.25, 0.3) is 11.3 Å². The maximum atomic E-state index is 6.04. The van der Waals surface area contributed by atoms with Crippen molar-refractivity contribution in [1.82, 2.24) is 10.3 Å². The lowest BCUT2D eigenvalue weighted by Crippen LogP contribution is -2.17. The summed E-state index contributed by atoms with van der Waals surface area (Å²) in [6.45, 7) is 1.04. The van der Waals surface area contributed by atoms with Gasteiger partial charge in [0.25, 0.3) is 0 Å². The zero-order chi connectivity index (χ0) is 13.9. The molecule has 2 aromatic rings. The Hall–Kier alpha value is -0.590. The summed E-state index contributed by atoms with van der Waals surface area (Å²) in [7, 11) is 0. The molecule has 3 nitrogen and oxygen atoms in total. The van der Waals surface area contributed by atoms with E-state index in [0.717, 1.165) is 46.2 Å². The normalized spacial score (nSPS) is 14.7. The van der Waals surface area contributed by atoms with Crippen molar-refractivity contribution < 1.29 is 4.42 Å². The minimum Gasteiger partial charge on any atom is -0.441 e. The average Bonchev–Trinajstić information content (AvgIpc) is 3.15. The highest BCUT2D eigenvalue weighted by molar-refractivity contribution is 14.1. The summed E-state index contributed by atoms with van der Waals surface area (Å²) in [5, 5.41) is 4.21. The van der Waals surface area contributed by atoms with Gasteiger partial charge in [-0.3, -0.25) is 0 Å². The lowest BCUT2D eigenvalue weighted by molar-refractivity contribution is 0.491. The first-order valence-electron chi connectivity index (χ1n) is 6.86. The molecule has 1 N–H and O–H groups in total. The van der Waals surface area contributed by atoms with Crippen LogP contribution in [0, 0.1) is 3.57 Å². The van der Waals surface area contributed by atoms with E-state index in [9.17, 15) is 0 Å². The summed E-state index contributed by atoms with van der Waals surface area (Å²) in [5.41, 5.74) is 1.01. The van der Waals surface area contributed by atoms with Gasteiger partial charge in [0.15, 0.2) is 11.7 Å². The van der Waals surface area contributed by atoms with Crippen LogP contribution in [0.1, 0.15) is 25.2 Å². The maximum absolute atomic E-state index is 6.04. The number of aryl methyl sites for hydroxylation is 1. The van der Waals surface area contributed by atoms with E-state index in [-0.39, 0.29) is 0 Å². The third kappa shape index (κ3) is 3.74. The molecule has 1 fully saturated rings. The van der Waals surface area contributed by atoms with Crippen LogP contribution in [0.15, 0.2) is 28.8 Å². The van der Waals surface area contributed by atoms with Crippen molar-refractivity contribution in [2.45, 2.75) is 31.7 Å². The van der Waals surface area contributed by atoms with E-state index < -0.39 is 0 Å². The summed E-state index contributed by atoms with van der Waals surface area (Å²) in [4.78, 5) is 4.35. The van der Waals surface area contributed by atoms with E-state index in [4.69, 9.17) is 16.0 Å². The molecule has 3 rings (SSSR count). The SMILES string of the molecule is Clc1ccc(I)c(-c2cnc(CCCNC3CC3)o2)c1. The fraction of sp³-hybridized carbons (Fsp3) is 0.400. The first kappa shape index (κ1) is 14.4. The van der Waals surface area contributed by atoms with Crippen molar-refractivity contribution >= 4 is 34.2 Å². The fourth-order valence-electron chi connectivity index (χ4n) is 2.07. The lowest BCUT2D eigenvalue weighted by atomic mass is 10.2. The predicted octanol–water partition coefficient (Wildman–Crippen LogP) is 4.28. The van der Waals surface area contributed by atoms with E-state index in [1.807, 2.05) is 18.2 Å². The minimum atomic E-state index is 0.715. The maximum Gasteiger partial charge on any atom is 0.194 e. The molecular formula is C15H16ClIN2O. The Balaban J connectivity index is 1.61. The summed E-state index contributed by atoms with van der Waals surface area (Å²) in [5.74, 6) is 1.59. The number of halogens is 2. The molecule has 1 aromatic heterocycles. The second-order valence-corrected chi connectivity index (χ2v) is 6.67. The number of aromatic nitrogens is 1. The van der Waals surface area contributed by atoms with Gasteiger partial charge in [-0.05, 0) is 66.6 Å². The highest BCUT2D eigenvalue weighted by Crippen LogP contribution is 2.29. The van der Waals surface area contributed by atoms with Gasteiger partial charge in [-0.25, -0.2) is 4.98 Å². The molecule has 0 bridgehead atoms. The number of benzene rings is 1. The van der Waals surface area contributed by atoms with Gasteiger partial charge < -0.3 is 9.73 Å². The summed E-state index contributed by atoms with van der Waals surface area (Å²) in [6, 6.07) is 6.55. The molecule has 5 heteroatoms. The molecular weight excluding hydrogens is 387 g/mol. The van der Waals surface area contributed by atoms with Crippen LogP contribution in [0.5, 0.6) is 0 Å². The zero-order valence-corrected chi connectivity index (χ0v) is 13.9. The number of hydrogen-bond donors (Lipinski definition) is 1. The monoisotopic (exact) mass is 402 g/mol. The molecule has 0 amide bonds. The molecule has 1 aliphatic rings. The molecule has 0 atom stereocenters. The Bertz CT molecular complexity index is 595. The van der Waals surface area contributed by atoms with E-state index in [2.05, 4.69) is 32.9 Å². The molecule has 0 spiro atoms. The van der Waals surface area contributed by atoms with Crippen molar-refractivity contribution in [1.29, 1.82) is 0 Å². The van der Waals surface area contributed by atoms with Gasteiger partial charge in [-0.2, -0.15) is 0 Å². The average molecular weight is 403 g/mol. The summed E-state index contributed by atoms with van der Waals surface area (Å²) < 4.78 is 6.94. The van der Waals surface area contributed by atoms with Crippen LogP contribution in [-0.4, -0.2) is 17.6 Å². The molecule has 0 radical (unpaired) electrons. The quantitative estimate of drug-likeness (QED) is 0.579. The van der Waals surface area contributed by atoms with E-state index >= 15 is 0 Å². The second-order valence-electron chi connectivity index (χ2n) is 5.07. The van der Waals surface area contributed by atoms with E-state index in [1.54, 1.807) is 6.20 Å². The summed E-state index contributed by atoms with van der Waals surface area (Å²) in [6.07, 6.45) is 6.38. The molecule has 0 aliphatic heterocycles. The van der Waals surface area contributed by atoms with Crippen LogP contribution in [-0.2, 0) is 6.42 Å². The number of nitrogens with zero attached hydrogens (tertiary/aromatic N) is 1. The molecule has 1 aliphatic carbocycles. The van der Waals surface area contributed by atoms with Crippen LogP contribution in [0.4, 0.5) is 0 Å². The first-order valence-corrected chi connectivity index (χ1v) is 8.31. The molecule has 0 unspecified atom stereocenters. The van der Waals surface area contributed by atoms with Gasteiger partial charge in [0.2, 0.25) is 0 Å². The van der Waals surface area contributed by atoms with Gasteiger partial charge >= 0.3 is 0 Å². The Morgan fingerprint density at radius 1 is 1.40 bits per heavy atom. The standard InChI is InChI=1S/C15H16ClIN2O/c16-10-3-6-13(17)12(8-10)14-9-19-15(20-14)2-1-7-18-11-4-5-11/h3,6,8-9,11,18H,1-2,4-5,7H2. The van der Waals surface area contributed by atoms with E-state index in [1.165, 1.54) is 12.8 Å². The van der Waals surface area contributed by atoms with Crippen molar-refractivity contribution in [3.05, 3.63) is 38.9 Å². The molecule has 1 heterocycles. The largest absolute Gasteiger partial charge is 0.441 e. The number of rotatable bonds is 6. The predicted molar refractivity (Wildman–Crippen MR) is 89.0 cm³/mol. The smallest absolute Gasteiger partial charge is 0.194 e. The van der Waals surface area contributed by atoms with Crippen molar-refractivity contribution in [2.24, 2.45) is 0 Å². The van der Waals surface area contributed by atoms with Gasteiger partial charge in [0.05, 0.1) is 6.20 Å². The van der Waals surface area contributed by atoms with E-state index in [0.29, 0.717) is 5.02 Å². The van der Waals surface area contributed by atoms with Gasteiger partial charge in [-0.15, -0.1) is 0 Å². The molecule has 106 valence electrons. The topological polar surface area (TPSA) is 38.1 Å². The first-order chi connectivity index (χ1) is 9.72. The van der Waals surface area contributed by atoms with Gasteiger partial charge in [0, 0.05) is 26.6 Å². The van der Waals surface area contributed by atoms with Crippen LogP contribution < -0.4 is 5.32 Å². The zero-order valence-electron chi connectivity index (χ0n) is 11.0. The van der Waals surface area contributed by atoms with Crippen LogP contribution in [0.2, 0.25) is 5.02 Å². The molecule has 0 saturated heterocycles. The highest BCUT2D eigenvalue weighted by atomic mass is 127. The van der Waals surface area contributed by atoms with Crippen LogP contribution in [0.3, 0.4) is 0 Å². The van der Waals surface area contributed by atoms with Crippen molar-refractivity contribution in [3.63, 3.8) is 0 Å². The Kier molecular flexibility index (Phi) is 4.63. The Labute approximate surface area is 137 Å². The number of hydrogen-bond acceptors (Lipinski definition) is 3. The molecule has 20 heavy (non-hydrogen) atoms. The minimum absolute atomic E-state index is 0.715. The highest BCUT2D eigenvalue weighted by Gasteiger charge is 2.19. The lowest BCUT2D eigenvalue weighted by Gasteiger charge is -2.02.